The number of nitrogens with one attached hydrogen (secondary N) is 1. The number of aryl methyl sites for hydroxylation is 3. The number of aromatic nitrogens is 4. The molecule has 0 atom stereocenters. The van der Waals surface area contributed by atoms with E-state index in [1.807, 2.05) is 67.3 Å². The van der Waals surface area contributed by atoms with Crippen LogP contribution < -0.4 is 5.32 Å². The normalized spacial score (nSPS) is 11.2. The molecule has 0 bridgehead atoms. The van der Waals surface area contributed by atoms with E-state index in [1.165, 1.54) is 0 Å². The smallest absolute Gasteiger partial charge is 0.259 e. The Labute approximate surface area is 190 Å². The van der Waals surface area contributed by atoms with Gasteiger partial charge in [0.15, 0.2) is 0 Å². The van der Waals surface area contributed by atoms with Crippen molar-refractivity contribution in [2.75, 3.05) is 6.54 Å². The summed E-state index contributed by atoms with van der Waals surface area (Å²) < 4.78 is 12.8. The third kappa shape index (κ3) is 4.03. The van der Waals surface area contributed by atoms with Crippen LogP contribution in [0.3, 0.4) is 0 Å². The number of para-hydroxylation sites is 1. The van der Waals surface area contributed by atoms with Crippen molar-refractivity contribution in [1.82, 2.24) is 25.2 Å². The van der Waals surface area contributed by atoms with Crippen LogP contribution in [0.15, 0.2) is 63.8 Å². The summed E-state index contributed by atoms with van der Waals surface area (Å²) in [6.07, 6.45) is 4.44. The van der Waals surface area contributed by atoms with Gasteiger partial charge in [0.1, 0.15) is 11.5 Å². The highest BCUT2D eigenvalue weighted by atomic mass is 16.5. The van der Waals surface area contributed by atoms with Crippen LogP contribution in [0, 0.1) is 20.8 Å². The molecule has 0 aliphatic carbocycles. The Morgan fingerprint density at radius 2 is 1.94 bits per heavy atom. The predicted octanol–water partition coefficient (Wildman–Crippen LogP) is 4.57. The summed E-state index contributed by atoms with van der Waals surface area (Å²) in [4.78, 5) is 17.7. The lowest BCUT2D eigenvalue weighted by molar-refractivity contribution is 0.0955. The Hall–Kier alpha value is -4.20. The van der Waals surface area contributed by atoms with Gasteiger partial charge in [0.2, 0.25) is 0 Å². The minimum Gasteiger partial charge on any atom is -0.466 e. The van der Waals surface area contributed by atoms with E-state index in [0.29, 0.717) is 41.0 Å². The second kappa shape index (κ2) is 8.38. The SMILES string of the molecule is Cc1cc(-c2cc(C(=O)NCCc3cnn(-c4ccccc4)c3)c3c(C)noc3n2)c(C)o1. The molecule has 0 unspecified atom stereocenters. The predicted molar refractivity (Wildman–Crippen MR) is 123 cm³/mol. The second-order valence-electron chi connectivity index (χ2n) is 7.96. The molecule has 0 aliphatic heterocycles. The molecule has 1 N–H and O–H groups in total. The molecule has 5 aromatic rings. The van der Waals surface area contributed by atoms with E-state index in [9.17, 15) is 4.79 Å². The standard InChI is InChI=1S/C25H23N5O3/c1-15-11-20(17(3)32-15)22-12-21(23-16(2)29-33-25(23)28-22)24(31)26-10-9-18-13-27-30(14-18)19-7-5-4-6-8-19/h4-8,11-14H,9-10H2,1-3H3,(H,26,31). The number of pyridine rings is 1. The van der Waals surface area contributed by atoms with Gasteiger partial charge in [-0.15, -0.1) is 0 Å². The Morgan fingerprint density at radius 1 is 1.12 bits per heavy atom. The van der Waals surface area contributed by atoms with E-state index in [2.05, 4.69) is 20.6 Å². The number of carbonyl (C=O) groups excluding carboxylic acids is 1. The number of furan rings is 1. The van der Waals surface area contributed by atoms with Crippen LogP contribution in [0.5, 0.6) is 0 Å². The number of carbonyl (C=O) groups is 1. The van der Waals surface area contributed by atoms with Gasteiger partial charge in [-0.1, -0.05) is 23.4 Å². The van der Waals surface area contributed by atoms with Gasteiger partial charge in [-0.3, -0.25) is 4.79 Å². The molecule has 1 aromatic carbocycles. The van der Waals surface area contributed by atoms with Crippen molar-refractivity contribution in [2.45, 2.75) is 27.2 Å². The molecule has 8 heteroatoms. The molecule has 0 spiro atoms. The van der Waals surface area contributed by atoms with E-state index in [0.717, 1.165) is 28.3 Å². The largest absolute Gasteiger partial charge is 0.466 e. The first-order valence-electron chi connectivity index (χ1n) is 10.7. The molecule has 0 fully saturated rings. The maximum absolute atomic E-state index is 13.1. The van der Waals surface area contributed by atoms with Crippen molar-refractivity contribution in [3.63, 3.8) is 0 Å². The fraction of sp³-hybridized carbons (Fsp3) is 0.200. The average molecular weight is 441 g/mol. The van der Waals surface area contributed by atoms with E-state index in [1.54, 1.807) is 13.0 Å². The van der Waals surface area contributed by atoms with Crippen LogP contribution in [0.2, 0.25) is 0 Å². The molecule has 166 valence electrons. The van der Waals surface area contributed by atoms with Gasteiger partial charge in [-0.2, -0.15) is 5.10 Å². The van der Waals surface area contributed by atoms with Gasteiger partial charge < -0.3 is 14.3 Å². The number of hydrogen-bond donors (Lipinski definition) is 1. The fourth-order valence-electron chi connectivity index (χ4n) is 3.92. The first-order chi connectivity index (χ1) is 16.0. The first-order valence-corrected chi connectivity index (χ1v) is 10.7. The number of benzene rings is 1. The van der Waals surface area contributed by atoms with Crippen LogP contribution in [-0.2, 0) is 6.42 Å². The Kier molecular flexibility index (Phi) is 5.26. The van der Waals surface area contributed by atoms with Crippen molar-refractivity contribution in [1.29, 1.82) is 0 Å². The summed E-state index contributed by atoms with van der Waals surface area (Å²) in [5, 5.41) is 12.0. The zero-order valence-electron chi connectivity index (χ0n) is 18.6. The van der Waals surface area contributed by atoms with Gasteiger partial charge in [-0.25, -0.2) is 9.67 Å². The molecule has 5 rings (SSSR count). The van der Waals surface area contributed by atoms with Crippen LogP contribution in [-0.4, -0.2) is 32.4 Å². The van der Waals surface area contributed by atoms with E-state index < -0.39 is 0 Å². The highest BCUT2D eigenvalue weighted by Gasteiger charge is 2.21. The molecule has 0 saturated heterocycles. The Morgan fingerprint density at radius 3 is 2.70 bits per heavy atom. The lowest BCUT2D eigenvalue weighted by atomic mass is 10.1. The number of rotatable bonds is 6. The summed E-state index contributed by atoms with van der Waals surface area (Å²) >= 11 is 0. The van der Waals surface area contributed by atoms with Gasteiger partial charge in [0.05, 0.1) is 34.2 Å². The van der Waals surface area contributed by atoms with E-state index in [-0.39, 0.29) is 5.91 Å². The van der Waals surface area contributed by atoms with Crippen molar-refractivity contribution in [3.8, 4) is 16.9 Å². The molecular formula is C25H23N5O3. The molecule has 4 heterocycles. The zero-order chi connectivity index (χ0) is 22.9. The molecule has 8 nitrogen and oxygen atoms in total. The van der Waals surface area contributed by atoms with Gasteiger partial charge in [0.25, 0.3) is 11.6 Å². The van der Waals surface area contributed by atoms with Crippen molar-refractivity contribution < 1.29 is 13.7 Å². The molecule has 0 radical (unpaired) electrons. The molecule has 33 heavy (non-hydrogen) atoms. The molecular weight excluding hydrogens is 418 g/mol. The van der Waals surface area contributed by atoms with Crippen LogP contribution in [0.1, 0.15) is 33.1 Å². The minimum absolute atomic E-state index is 0.205. The minimum atomic E-state index is -0.205. The Bertz CT molecular complexity index is 1450. The van der Waals surface area contributed by atoms with Gasteiger partial charge in [-0.05, 0) is 57.0 Å². The molecule has 4 aromatic heterocycles. The second-order valence-corrected chi connectivity index (χ2v) is 7.96. The summed E-state index contributed by atoms with van der Waals surface area (Å²) in [6, 6.07) is 13.6. The third-order valence-electron chi connectivity index (χ3n) is 5.53. The van der Waals surface area contributed by atoms with E-state index >= 15 is 0 Å². The quantitative estimate of drug-likeness (QED) is 0.415. The van der Waals surface area contributed by atoms with Gasteiger partial charge >= 0.3 is 0 Å². The first kappa shape index (κ1) is 20.7. The number of hydrogen-bond acceptors (Lipinski definition) is 6. The maximum Gasteiger partial charge on any atom is 0.259 e. The highest BCUT2D eigenvalue weighted by molar-refractivity contribution is 6.07. The van der Waals surface area contributed by atoms with Crippen LogP contribution in [0.25, 0.3) is 28.0 Å². The van der Waals surface area contributed by atoms with Crippen LogP contribution >= 0.6 is 0 Å². The van der Waals surface area contributed by atoms with Crippen molar-refractivity contribution >= 4 is 17.0 Å². The van der Waals surface area contributed by atoms with Gasteiger partial charge in [0, 0.05) is 18.3 Å². The summed E-state index contributed by atoms with van der Waals surface area (Å²) in [5.41, 5.74) is 4.90. The third-order valence-corrected chi connectivity index (χ3v) is 5.53. The lowest BCUT2D eigenvalue weighted by Gasteiger charge is -2.07. The number of amides is 1. The van der Waals surface area contributed by atoms with Crippen LogP contribution in [0.4, 0.5) is 0 Å². The lowest BCUT2D eigenvalue weighted by Crippen LogP contribution is -2.26. The van der Waals surface area contributed by atoms with Crippen molar-refractivity contribution in [2.24, 2.45) is 0 Å². The van der Waals surface area contributed by atoms with E-state index in [4.69, 9.17) is 8.94 Å². The molecule has 0 saturated carbocycles. The highest BCUT2D eigenvalue weighted by Crippen LogP contribution is 2.30. The topological polar surface area (TPSA) is 99.0 Å². The average Bonchev–Trinajstić information content (AvgIpc) is 3.52. The van der Waals surface area contributed by atoms with Crippen molar-refractivity contribution in [3.05, 3.63) is 83.2 Å². The molecule has 0 aliphatic rings. The summed E-state index contributed by atoms with van der Waals surface area (Å²) in [6.45, 7) is 6.01. The number of nitrogens with zero attached hydrogens (tertiary/aromatic N) is 4. The zero-order valence-corrected chi connectivity index (χ0v) is 18.6. The summed E-state index contributed by atoms with van der Waals surface area (Å²) in [5.74, 6) is 1.31. The fourth-order valence-corrected chi connectivity index (χ4v) is 3.92. The monoisotopic (exact) mass is 441 g/mol. The molecule has 1 amide bonds. The Balaban J connectivity index is 1.36. The summed E-state index contributed by atoms with van der Waals surface area (Å²) in [7, 11) is 0. The maximum atomic E-state index is 13.1. The number of fused-ring (bicyclic) bond motifs is 1.